The van der Waals surface area contributed by atoms with E-state index >= 15 is 0 Å². The van der Waals surface area contributed by atoms with Crippen LogP contribution in [0.2, 0.25) is 0 Å². The van der Waals surface area contributed by atoms with Gasteiger partial charge in [-0.05, 0) is 41.2 Å². The summed E-state index contributed by atoms with van der Waals surface area (Å²) in [6.45, 7) is 4.11. The number of pyridine rings is 1. The zero-order valence-electron chi connectivity index (χ0n) is 14.4. The second-order valence-electron chi connectivity index (χ2n) is 6.92. The van der Waals surface area contributed by atoms with Crippen molar-refractivity contribution < 1.29 is 14.7 Å². The molecule has 1 aliphatic rings. The second-order valence-corrected chi connectivity index (χ2v) is 6.92. The summed E-state index contributed by atoms with van der Waals surface area (Å²) in [5.74, 6) is -1.55. The number of carboxylic acids is 1. The molecule has 3 rings (SSSR count). The van der Waals surface area contributed by atoms with E-state index in [-0.39, 0.29) is 11.8 Å². The van der Waals surface area contributed by atoms with E-state index < -0.39 is 17.3 Å². The van der Waals surface area contributed by atoms with Crippen LogP contribution in [0.5, 0.6) is 0 Å². The molecule has 0 saturated heterocycles. The van der Waals surface area contributed by atoms with Crippen LogP contribution in [0.3, 0.4) is 0 Å². The van der Waals surface area contributed by atoms with Crippen LogP contribution in [0.25, 0.3) is 11.1 Å². The molecule has 2 unspecified atom stereocenters. The number of carbonyl (C=O) groups excluding carboxylic acids is 1. The van der Waals surface area contributed by atoms with Gasteiger partial charge in [-0.1, -0.05) is 38.1 Å². The fourth-order valence-corrected chi connectivity index (χ4v) is 3.43. The first-order valence-electron chi connectivity index (χ1n) is 8.45. The van der Waals surface area contributed by atoms with Gasteiger partial charge in [0, 0.05) is 18.9 Å². The van der Waals surface area contributed by atoms with Crippen LogP contribution in [-0.4, -0.2) is 22.0 Å². The van der Waals surface area contributed by atoms with Crippen molar-refractivity contribution in [3.8, 4) is 11.1 Å². The number of hydrogen-bond acceptors (Lipinski definition) is 3. The molecule has 1 amide bonds. The number of hydrogen-bond donors (Lipinski definition) is 2. The highest BCUT2D eigenvalue weighted by molar-refractivity contribution is 5.92. The lowest BCUT2D eigenvalue weighted by atomic mass is 9.89. The molecule has 2 N–H and O–H groups in total. The summed E-state index contributed by atoms with van der Waals surface area (Å²) in [5.41, 5.74) is 2.12. The van der Waals surface area contributed by atoms with Gasteiger partial charge in [0.1, 0.15) is 0 Å². The van der Waals surface area contributed by atoms with E-state index in [4.69, 9.17) is 0 Å². The number of aromatic nitrogens is 1. The molecule has 1 heterocycles. The molecule has 130 valence electrons. The van der Waals surface area contributed by atoms with Gasteiger partial charge in [-0.3, -0.25) is 14.6 Å². The molecule has 0 aliphatic heterocycles. The topological polar surface area (TPSA) is 79.3 Å². The minimum Gasteiger partial charge on any atom is -0.481 e. The van der Waals surface area contributed by atoms with Crippen LogP contribution in [0, 0.1) is 17.3 Å². The van der Waals surface area contributed by atoms with Gasteiger partial charge in [0.05, 0.1) is 11.3 Å². The lowest BCUT2D eigenvalue weighted by Gasteiger charge is -2.16. The number of amides is 1. The molecule has 2 aromatic rings. The van der Waals surface area contributed by atoms with Crippen LogP contribution in [0.1, 0.15) is 25.8 Å². The molecule has 0 radical (unpaired) electrons. The van der Waals surface area contributed by atoms with E-state index in [2.05, 4.69) is 10.3 Å². The third kappa shape index (κ3) is 3.27. The minimum absolute atomic E-state index is 0.0605. The molecule has 5 heteroatoms. The first-order valence-corrected chi connectivity index (χ1v) is 8.45. The predicted molar refractivity (Wildman–Crippen MR) is 94.5 cm³/mol. The summed E-state index contributed by atoms with van der Waals surface area (Å²) >= 11 is 0. The molecule has 0 bridgehead atoms. The largest absolute Gasteiger partial charge is 0.481 e. The highest BCUT2D eigenvalue weighted by Crippen LogP contribution is 2.58. The predicted octanol–water partition coefficient (Wildman–Crippen LogP) is 3.11. The van der Waals surface area contributed by atoms with E-state index in [0.29, 0.717) is 13.0 Å². The SMILES string of the molecule is CC(C)C1(C(=O)O)CC1C(=O)NCc1cccc(-c2cccnc2)c1. The quantitative estimate of drug-likeness (QED) is 0.848. The Hall–Kier alpha value is -2.69. The average Bonchev–Trinajstić information content (AvgIpc) is 3.38. The highest BCUT2D eigenvalue weighted by Gasteiger charge is 2.65. The normalized spacial score (nSPS) is 21.8. The zero-order chi connectivity index (χ0) is 18.0. The molecular formula is C20H22N2O3. The molecule has 0 spiro atoms. The summed E-state index contributed by atoms with van der Waals surface area (Å²) < 4.78 is 0. The Balaban J connectivity index is 1.65. The molecule has 25 heavy (non-hydrogen) atoms. The number of rotatable bonds is 6. The molecule has 1 aliphatic carbocycles. The van der Waals surface area contributed by atoms with E-state index in [9.17, 15) is 14.7 Å². The lowest BCUT2D eigenvalue weighted by Crippen LogP contribution is -2.32. The van der Waals surface area contributed by atoms with E-state index in [0.717, 1.165) is 16.7 Å². The van der Waals surface area contributed by atoms with Gasteiger partial charge in [0.2, 0.25) is 5.91 Å². The number of nitrogens with zero attached hydrogens (tertiary/aromatic N) is 1. The fourth-order valence-electron chi connectivity index (χ4n) is 3.43. The Kier molecular flexibility index (Phi) is 4.57. The van der Waals surface area contributed by atoms with Gasteiger partial charge in [0.25, 0.3) is 0 Å². The highest BCUT2D eigenvalue weighted by atomic mass is 16.4. The Labute approximate surface area is 147 Å². The third-order valence-electron chi connectivity index (χ3n) is 5.14. The standard InChI is InChI=1S/C20H22N2O3/c1-13(2)20(19(24)25)10-17(20)18(23)22-11-14-5-3-6-15(9-14)16-7-4-8-21-12-16/h3-9,12-13,17H,10-11H2,1-2H3,(H,22,23)(H,24,25). The maximum absolute atomic E-state index is 12.4. The summed E-state index contributed by atoms with van der Waals surface area (Å²) in [7, 11) is 0. The number of carbonyl (C=O) groups is 2. The second kappa shape index (κ2) is 6.67. The molecule has 2 atom stereocenters. The van der Waals surface area contributed by atoms with Crippen LogP contribution in [0.15, 0.2) is 48.8 Å². The van der Waals surface area contributed by atoms with Crippen LogP contribution in [0.4, 0.5) is 0 Å². The third-order valence-corrected chi connectivity index (χ3v) is 5.14. The Morgan fingerprint density at radius 2 is 2.04 bits per heavy atom. The number of aliphatic carboxylic acids is 1. The molecular weight excluding hydrogens is 316 g/mol. The van der Waals surface area contributed by atoms with Crippen molar-refractivity contribution in [2.45, 2.75) is 26.8 Å². The Morgan fingerprint density at radius 3 is 2.64 bits per heavy atom. The van der Waals surface area contributed by atoms with Gasteiger partial charge in [0.15, 0.2) is 0 Å². The maximum Gasteiger partial charge on any atom is 0.310 e. The maximum atomic E-state index is 12.4. The molecule has 1 aromatic heterocycles. The van der Waals surface area contributed by atoms with Crippen LogP contribution in [-0.2, 0) is 16.1 Å². The molecule has 1 fully saturated rings. The monoisotopic (exact) mass is 338 g/mol. The average molecular weight is 338 g/mol. The molecule has 1 aromatic carbocycles. The van der Waals surface area contributed by atoms with E-state index in [1.165, 1.54) is 0 Å². The van der Waals surface area contributed by atoms with Crippen molar-refractivity contribution in [3.63, 3.8) is 0 Å². The fraction of sp³-hybridized carbons (Fsp3) is 0.350. The minimum atomic E-state index is -0.901. The Bertz CT molecular complexity index is 789. The van der Waals surface area contributed by atoms with E-state index in [1.54, 1.807) is 12.4 Å². The smallest absolute Gasteiger partial charge is 0.310 e. The number of nitrogens with one attached hydrogen (secondary N) is 1. The van der Waals surface area contributed by atoms with Crippen molar-refractivity contribution in [2.24, 2.45) is 17.3 Å². The van der Waals surface area contributed by atoms with Gasteiger partial charge in [-0.2, -0.15) is 0 Å². The summed E-state index contributed by atoms with van der Waals surface area (Å²) in [6.07, 6.45) is 3.94. The Morgan fingerprint density at radius 1 is 1.28 bits per heavy atom. The van der Waals surface area contributed by atoms with Gasteiger partial charge < -0.3 is 10.4 Å². The number of carboxylic acid groups (broad SMARTS) is 1. The summed E-state index contributed by atoms with van der Waals surface area (Å²) in [6, 6.07) is 11.8. The van der Waals surface area contributed by atoms with Crippen LogP contribution < -0.4 is 5.32 Å². The van der Waals surface area contributed by atoms with Crippen molar-refractivity contribution in [1.82, 2.24) is 10.3 Å². The first-order chi connectivity index (χ1) is 11.9. The number of benzene rings is 1. The van der Waals surface area contributed by atoms with Crippen molar-refractivity contribution in [3.05, 3.63) is 54.4 Å². The van der Waals surface area contributed by atoms with Gasteiger partial charge in [-0.15, -0.1) is 0 Å². The summed E-state index contributed by atoms with van der Waals surface area (Å²) in [5, 5.41) is 12.3. The molecule has 5 nitrogen and oxygen atoms in total. The van der Waals surface area contributed by atoms with Crippen molar-refractivity contribution in [2.75, 3.05) is 0 Å². The van der Waals surface area contributed by atoms with E-state index in [1.807, 2.05) is 50.2 Å². The molecule has 1 saturated carbocycles. The van der Waals surface area contributed by atoms with Gasteiger partial charge in [-0.25, -0.2) is 0 Å². The first kappa shape index (κ1) is 17.1. The van der Waals surface area contributed by atoms with Crippen LogP contribution >= 0.6 is 0 Å². The van der Waals surface area contributed by atoms with Crippen molar-refractivity contribution in [1.29, 1.82) is 0 Å². The lowest BCUT2D eigenvalue weighted by molar-refractivity contribution is -0.147. The zero-order valence-corrected chi connectivity index (χ0v) is 14.4. The summed E-state index contributed by atoms with van der Waals surface area (Å²) in [4.78, 5) is 28.0. The van der Waals surface area contributed by atoms with Gasteiger partial charge >= 0.3 is 5.97 Å². The van der Waals surface area contributed by atoms with Crippen molar-refractivity contribution >= 4 is 11.9 Å².